The third-order valence-electron chi connectivity index (χ3n) is 4.65. The van der Waals surface area contributed by atoms with Gasteiger partial charge in [0, 0.05) is 11.3 Å². The molecule has 0 radical (unpaired) electrons. The summed E-state index contributed by atoms with van der Waals surface area (Å²) in [4.78, 5) is 29.4. The molecule has 2 N–H and O–H groups in total. The average molecular weight is 464 g/mol. The van der Waals surface area contributed by atoms with Crippen LogP contribution in [0.2, 0.25) is 0 Å². The van der Waals surface area contributed by atoms with E-state index in [1.807, 2.05) is 49.4 Å². The number of ether oxygens (including phenoxy) is 1. The molecule has 0 saturated heterocycles. The zero-order chi connectivity index (χ0) is 22.5. The Morgan fingerprint density at radius 3 is 2.59 bits per heavy atom. The molecule has 3 aromatic carbocycles. The lowest BCUT2D eigenvalue weighted by Gasteiger charge is -2.09. The van der Waals surface area contributed by atoms with Crippen LogP contribution >= 0.6 is 23.1 Å². The normalized spacial score (nSPS) is 10.7. The molecule has 0 unspecified atom stereocenters. The number of carbonyl (C=O) groups excluding carboxylic acids is 2. The van der Waals surface area contributed by atoms with Gasteiger partial charge in [0.25, 0.3) is 5.91 Å². The van der Waals surface area contributed by atoms with Gasteiger partial charge in [0.15, 0.2) is 4.34 Å². The number of benzene rings is 3. The number of rotatable bonds is 7. The summed E-state index contributed by atoms with van der Waals surface area (Å²) in [5.74, 6) is 0.557. The van der Waals surface area contributed by atoms with Crippen molar-refractivity contribution in [2.75, 3.05) is 23.5 Å². The van der Waals surface area contributed by atoms with E-state index in [1.54, 1.807) is 31.4 Å². The molecule has 2 amide bonds. The Bertz CT molecular complexity index is 1270. The van der Waals surface area contributed by atoms with E-state index in [9.17, 15) is 9.59 Å². The van der Waals surface area contributed by atoms with Crippen LogP contribution in [0.15, 0.2) is 71.1 Å². The Labute approximate surface area is 194 Å². The Morgan fingerprint density at radius 2 is 1.81 bits per heavy atom. The smallest absolute Gasteiger partial charge is 0.255 e. The molecule has 6 nitrogen and oxygen atoms in total. The summed E-state index contributed by atoms with van der Waals surface area (Å²) >= 11 is 2.86. The summed E-state index contributed by atoms with van der Waals surface area (Å²) in [6.07, 6.45) is 0. The number of nitrogens with one attached hydrogen (secondary N) is 2. The van der Waals surface area contributed by atoms with E-state index in [2.05, 4.69) is 15.6 Å². The molecule has 4 aromatic rings. The van der Waals surface area contributed by atoms with Crippen molar-refractivity contribution in [1.82, 2.24) is 4.98 Å². The third kappa shape index (κ3) is 5.27. The molecule has 0 aliphatic carbocycles. The standard InChI is InChI=1S/C24H21N3O3S2/c1-15-7-9-16(10-8-15)23(29)25-17-11-12-19-21(13-17)32-24(27-19)31-14-22(28)26-18-5-3-4-6-20(18)30-2/h3-13H,14H2,1-2H3,(H,25,29)(H,26,28). The molecular weight excluding hydrogens is 442 g/mol. The molecule has 0 saturated carbocycles. The second-order valence-electron chi connectivity index (χ2n) is 7.02. The minimum atomic E-state index is -0.156. The highest BCUT2D eigenvalue weighted by molar-refractivity contribution is 8.01. The summed E-state index contributed by atoms with van der Waals surface area (Å²) in [6.45, 7) is 1.98. The molecule has 1 aromatic heterocycles. The van der Waals surface area contributed by atoms with E-state index < -0.39 is 0 Å². The molecule has 162 valence electrons. The summed E-state index contributed by atoms with van der Waals surface area (Å²) < 4.78 is 6.99. The predicted molar refractivity (Wildman–Crippen MR) is 131 cm³/mol. The van der Waals surface area contributed by atoms with Crippen LogP contribution in [-0.2, 0) is 4.79 Å². The maximum absolute atomic E-state index is 12.5. The largest absolute Gasteiger partial charge is 0.495 e. The Hall–Kier alpha value is -3.36. The highest BCUT2D eigenvalue weighted by Crippen LogP contribution is 2.32. The zero-order valence-electron chi connectivity index (χ0n) is 17.5. The van der Waals surface area contributed by atoms with E-state index >= 15 is 0 Å². The minimum Gasteiger partial charge on any atom is -0.495 e. The first kappa shape index (κ1) is 21.9. The highest BCUT2D eigenvalue weighted by Gasteiger charge is 2.12. The monoisotopic (exact) mass is 463 g/mol. The van der Waals surface area contributed by atoms with E-state index in [0.29, 0.717) is 22.7 Å². The summed E-state index contributed by atoms with van der Waals surface area (Å²) in [7, 11) is 1.57. The number of thioether (sulfide) groups is 1. The summed E-state index contributed by atoms with van der Waals surface area (Å²) in [6, 6.07) is 20.3. The molecule has 1 heterocycles. The number of nitrogens with zero attached hydrogens (tertiary/aromatic N) is 1. The number of hydrogen-bond donors (Lipinski definition) is 2. The molecule has 0 fully saturated rings. The van der Waals surface area contributed by atoms with Crippen LogP contribution in [-0.4, -0.2) is 29.7 Å². The maximum Gasteiger partial charge on any atom is 0.255 e. The molecule has 32 heavy (non-hydrogen) atoms. The average Bonchev–Trinajstić information content (AvgIpc) is 3.21. The quantitative estimate of drug-likeness (QED) is 0.349. The SMILES string of the molecule is COc1ccccc1NC(=O)CSc1nc2ccc(NC(=O)c3ccc(C)cc3)cc2s1. The lowest BCUT2D eigenvalue weighted by atomic mass is 10.1. The van der Waals surface area contributed by atoms with E-state index in [4.69, 9.17) is 4.74 Å². The predicted octanol–water partition coefficient (Wildman–Crippen LogP) is 5.60. The fourth-order valence-corrected chi connectivity index (χ4v) is 4.92. The molecule has 0 spiro atoms. The van der Waals surface area contributed by atoms with Crippen LogP contribution in [0, 0.1) is 6.92 Å². The molecule has 0 bridgehead atoms. The fraction of sp³-hybridized carbons (Fsp3) is 0.125. The van der Waals surface area contributed by atoms with Gasteiger partial charge < -0.3 is 15.4 Å². The number of aromatic nitrogens is 1. The summed E-state index contributed by atoms with van der Waals surface area (Å²) in [5, 5.41) is 5.78. The van der Waals surface area contributed by atoms with Gasteiger partial charge in [0.1, 0.15) is 5.75 Å². The first-order valence-corrected chi connectivity index (χ1v) is 11.7. The van der Waals surface area contributed by atoms with Crippen LogP contribution in [0.4, 0.5) is 11.4 Å². The van der Waals surface area contributed by atoms with Crippen molar-refractivity contribution in [2.24, 2.45) is 0 Å². The third-order valence-corrected chi connectivity index (χ3v) is 6.81. The number of aryl methyl sites for hydroxylation is 1. The van der Waals surface area contributed by atoms with Crippen molar-refractivity contribution in [3.05, 3.63) is 77.9 Å². The number of hydrogen-bond acceptors (Lipinski definition) is 6. The van der Waals surface area contributed by atoms with Crippen LogP contribution in [0.1, 0.15) is 15.9 Å². The van der Waals surface area contributed by atoms with Crippen LogP contribution in [0.25, 0.3) is 10.2 Å². The Morgan fingerprint density at radius 1 is 1.03 bits per heavy atom. The van der Waals surface area contributed by atoms with Gasteiger partial charge in [-0.2, -0.15) is 0 Å². The van der Waals surface area contributed by atoms with Crippen molar-refractivity contribution < 1.29 is 14.3 Å². The fourth-order valence-electron chi connectivity index (χ4n) is 3.01. The van der Waals surface area contributed by atoms with E-state index in [1.165, 1.54) is 23.1 Å². The van der Waals surface area contributed by atoms with Gasteiger partial charge in [-0.1, -0.05) is 41.6 Å². The van der Waals surface area contributed by atoms with E-state index in [-0.39, 0.29) is 17.6 Å². The molecule has 4 rings (SSSR count). The number of fused-ring (bicyclic) bond motifs is 1. The Kier molecular flexibility index (Phi) is 6.72. The number of methoxy groups -OCH3 is 1. The van der Waals surface area contributed by atoms with Crippen LogP contribution in [0.5, 0.6) is 5.75 Å². The first-order chi connectivity index (χ1) is 15.5. The number of anilines is 2. The second-order valence-corrected chi connectivity index (χ2v) is 9.27. The van der Waals surface area contributed by atoms with Gasteiger partial charge in [-0.3, -0.25) is 9.59 Å². The van der Waals surface area contributed by atoms with Crippen molar-refractivity contribution in [2.45, 2.75) is 11.3 Å². The van der Waals surface area contributed by atoms with Gasteiger partial charge in [-0.15, -0.1) is 11.3 Å². The Balaban J connectivity index is 1.39. The maximum atomic E-state index is 12.5. The number of para-hydroxylation sites is 2. The summed E-state index contributed by atoms with van der Waals surface area (Å²) in [5.41, 5.74) is 3.89. The number of amides is 2. The van der Waals surface area contributed by atoms with Crippen LogP contribution < -0.4 is 15.4 Å². The number of carbonyl (C=O) groups is 2. The first-order valence-electron chi connectivity index (χ1n) is 9.86. The van der Waals surface area contributed by atoms with Crippen molar-refractivity contribution in [3.8, 4) is 5.75 Å². The second kappa shape index (κ2) is 9.84. The van der Waals surface area contributed by atoms with Crippen molar-refractivity contribution in [1.29, 1.82) is 0 Å². The van der Waals surface area contributed by atoms with Gasteiger partial charge in [-0.25, -0.2) is 4.98 Å². The minimum absolute atomic E-state index is 0.134. The molecule has 8 heteroatoms. The molecule has 0 atom stereocenters. The van der Waals surface area contributed by atoms with Crippen molar-refractivity contribution >= 4 is 56.5 Å². The highest BCUT2D eigenvalue weighted by atomic mass is 32.2. The van der Waals surface area contributed by atoms with Gasteiger partial charge in [0.05, 0.1) is 28.8 Å². The molecule has 0 aliphatic heterocycles. The lowest BCUT2D eigenvalue weighted by molar-refractivity contribution is -0.113. The zero-order valence-corrected chi connectivity index (χ0v) is 19.2. The van der Waals surface area contributed by atoms with Gasteiger partial charge >= 0.3 is 0 Å². The lowest BCUT2D eigenvalue weighted by Crippen LogP contribution is -2.14. The number of thiazole rings is 1. The van der Waals surface area contributed by atoms with Crippen LogP contribution in [0.3, 0.4) is 0 Å². The topological polar surface area (TPSA) is 80.3 Å². The van der Waals surface area contributed by atoms with Gasteiger partial charge in [-0.05, 0) is 49.4 Å². The van der Waals surface area contributed by atoms with Gasteiger partial charge in [0.2, 0.25) is 5.91 Å². The van der Waals surface area contributed by atoms with Crippen molar-refractivity contribution in [3.63, 3.8) is 0 Å². The van der Waals surface area contributed by atoms with E-state index in [0.717, 1.165) is 20.1 Å². The molecule has 0 aliphatic rings. The molecular formula is C24H21N3O3S2.